The number of carbonyl (C=O) groups is 2. The third-order valence-corrected chi connectivity index (χ3v) is 4.78. The Morgan fingerprint density at radius 2 is 2.12 bits per heavy atom. The van der Waals surface area contributed by atoms with Crippen molar-refractivity contribution in [1.82, 2.24) is 14.9 Å². The molecule has 1 aliphatic carbocycles. The highest BCUT2D eigenvalue weighted by atomic mass is 19.4. The van der Waals surface area contributed by atoms with Crippen LogP contribution >= 0.6 is 0 Å². The van der Waals surface area contributed by atoms with Crippen LogP contribution in [0.4, 0.5) is 19.0 Å². The molecular weight excluding hydrogens is 433 g/mol. The smallest absolute Gasteiger partial charge is 0.475 e. The SMILES string of the molecule is COCCNc1ccnc(C2COCCN2C(=O)C2=CCCCC2)n1.O=C(O)C(F)(F)F. The summed E-state index contributed by atoms with van der Waals surface area (Å²) in [5.74, 6) is -1.30. The van der Waals surface area contributed by atoms with E-state index in [0.29, 0.717) is 38.7 Å². The molecule has 178 valence electrons. The van der Waals surface area contributed by atoms with Crippen molar-refractivity contribution in [3.8, 4) is 0 Å². The minimum Gasteiger partial charge on any atom is -0.475 e. The Hall–Kier alpha value is -2.73. The first-order valence-electron chi connectivity index (χ1n) is 10.2. The molecule has 1 saturated heterocycles. The Bertz CT molecular complexity index is 804. The van der Waals surface area contributed by atoms with Gasteiger partial charge in [-0.05, 0) is 31.7 Å². The lowest BCUT2D eigenvalue weighted by Gasteiger charge is -2.35. The van der Waals surface area contributed by atoms with Crippen LogP contribution in [0.5, 0.6) is 0 Å². The van der Waals surface area contributed by atoms with E-state index in [4.69, 9.17) is 19.4 Å². The molecule has 32 heavy (non-hydrogen) atoms. The van der Waals surface area contributed by atoms with Gasteiger partial charge in [0, 0.05) is 32.0 Å². The number of hydrogen-bond donors (Lipinski definition) is 2. The number of ether oxygens (including phenoxy) is 2. The molecule has 0 saturated carbocycles. The second-order valence-corrected chi connectivity index (χ2v) is 7.09. The molecular formula is C20H27F3N4O5. The summed E-state index contributed by atoms with van der Waals surface area (Å²) in [6, 6.07) is 1.58. The van der Waals surface area contributed by atoms with E-state index in [9.17, 15) is 18.0 Å². The van der Waals surface area contributed by atoms with Crippen molar-refractivity contribution in [2.24, 2.45) is 0 Å². The quantitative estimate of drug-likeness (QED) is 0.623. The number of nitrogens with zero attached hydrogens (tertiary/aromatic N) is 3. The summed E-state index contributed by atoms with van der Waals surface area (Å²) in [5, 5.41) is 10.3. The number of rotatable bonds is 6. The van der Waals surface area contributed by atoms with Gasteiger partial charge in [-0.15, -0.1) is 0 Å². The van der Waals surface area contributed by atoms with Gasteiger partial charge in [-0.25, -0.2) is 14.8 Å². The maximum absolute atomic E-state index is 12.9. The van der Waals surface area contributed by atoms with Crippen LogP contribution < -0.4 is 5.32 Å². The lowest BCUT2D eigenvalue weighted by Crippen LogP contribution is -2.44. The summed E-state index contributed by atoms with van der Waals surface area (Å²) in [6.45, 7) is 2.83. The van der Waals surface area contributed by atoms with Crippen molar-refractivity contribution in [2.75, 3.05) is 45.3 Å². The fourth-order valence-corrected chi connectivity index (χ4v) is 3.19. The van der Waals surface area contributed by atoms with Crippen LogP contribution in [-0.2, 0) is 19.1 Å². The molecule has 2 heterocycles. The molecule has 1 aliphatic heterocycles. The number of morpholine rings is 1. The number of aliphatic carboxylic acids is 1. The molecule has 1 atom stereocenters. The van der Waals surface area contributed by atoms with Crippen molar-refractivity contribution >= 4 is 17.7 Å². The van der Waals surface area contributed by atoms with Gasteiger partial charge in [-0.3, -0.25) is 4.79 Å². The lowest BCUT2D eigenvalue weighted by atomic mass is 9.98. The van der Waals surface area contributed by atoms with Crippen LogP contribution in [0.2, 0.25) is 0 Å². The van der Waals surface area contributed by atoms with Crippen LogP contribution in [0.1, 0.15) is 37.5 Å². The van der Waals surface area contributed by atoms with E-state index < -0.39 is 12.1 Å². The first-order valence-corrected chi connectivity index (χ1v) is 10.2. The standard InChI is InChI=1S/C18H26N4O3.C2HF3O2/c1-24-11-9-19-16-7-8-20-17(21-16)15-13-25-12-10-22(15)18(23)14-5-3-2-4-6-14;3-2(4,5)1(6)7/h5,7-8,15H,2-4,6,9-13H2,1H3,(H,19,20,21);(H,6,7). The number of hydrogen-bond acceptors (Lipinski definition) is 7. The number of aromatic nitrogens is 2. The summed E-state index contributed by atoms with van der Waals surface area (Å²) in [4.78, 5) is 32.7. The van der Waals surface area contributed by atoms with Crippen LogP contribution in [0, 0.1) is 0 Å². The first kappa shape index (κ1) is 25.5. The first-order chi connectivity index (χ1) is 15.2. The Morgan fingerprint density at radius 1 is 1.38 bits per heavy atom. The lowest BCUT2D eigenvalue weighted by molar-refractivity contribution is -0.192. The Kier molecular flexibility index (Phi) is 9.85. The van der Waals surface area contributed by atoms with Crippen LogP contribution in [0.3, 0.4) is 0 Å². The highest BCUT2D eigenvalue weighted by Gasteiger charge is 2.38. The predicted molar refractivity (Wildman–Crippen MR) is 108 cm³/mol. The highest BCUT2D eigenvalue weighted by Crippen LogP contribution is 2.27. The van der Waals surface area contributed by atoms with Crippen LogP contribution in [0.15, 0.2) is 23.9 Å². The molecule has 1 amide bonds. The van der Waals surface area contributed by atoms with Gasteiger partial charge in [-0.2, -0.15) is 13.2 Å². The largest absolute Gasteiger partial charge is 0.490 e. The van der Waals surface area contributed by atoms with Crippen molar-refractivity contribution in [2.45, 2.75) is 37.9 Å². The number of methoxy groups -OCH3 is 1. The second kappa shape index (κ2) is 12.3. The van der Waals surface area contributed by atoms with Crippen molar-refractivity contribution in [3.63, 3.8) is 0 Å². The molecule has 3 rings (SSSR count). The van der Waals surface area contributed by atoms with Gasteiger partial charge in [0.05, 0.1) is 19.8 Å². The monoisotopic (exact) mass is 460 g/mol. The van der Waals surface area contributed by atoms with Crippen molar-refractivity contribution in [1.29, 1.82) is 0 Å². The molecule has 1 aromatic rings. The van der Waals surface area contributed by atoms with Gasteiger partial charge in [0.15, 0.2) is 5.82 Å². The number of carbonyl (C=O) groups excluding carboxylic acids is 1. The summed E-state index contributed by atoms with van der Waals surface area (Å²) in [5.41, 5.74) is 0.924. The van der Waals surface area contributed by atoms with E-state index >= 15 is 0 Å². The van der Waals surface area contributed by atoms with E-state index in [1.165, 1.54) is 6.42 Å². The number of nitrogens with one attached hydrogen (secondary N) is 1. The molecule has 1 aromatic heterocycles. The number of carboxylic acids is 1. The van der Waals surface area contributed by atoms with Gasteiger partial charge in [-0.1, -0.05) is 6.08 Å². The van der Waals surface area contributed by atoms with E-state index in [1.54, 1.807) is 13.3 Å². The second-order valence-electron chi connectivity index (χ2n) is 7.09. The molecule has 0 aromatic carbocycles. The Labute approximate surface area is 183 Å². The molecule has 2 aliphatic rings. The summed E-state index contributed by atoms with van der Waals surface area (Å²) in [7, 11) is 1.66. The van der Waals surface area contributed by atoms with Gasteiger partial charge in [0.25, 0.3) is 0 Å². The fraction of sp³-hybridized carbons (Fsp3) is 0.600. The zero-order valence-electron chi connectivity index (χ0n) is 17.7. The molecule has 1 fully saturated rings. The Balaban J connectivity index is 0.000000451. The highest BCUT2D eigenvalue weighted by molar-refractivity contribution is 5.93. The van der Waals surface area contributed by atoms with Crippen LogP contribution in [0.25, 0.3) is 0 Å². The number of anilines is 1. The van der Waals surface area contributed by atoms with Gasteiger partial charge < -0.3 is 24.8 Å². The maximum Gasteiger partial charge on any atom is 0.490 e. The molecule has 9 nitrogen and oxygen atoms in total. The van der Waals surface area contributed by atoms with Gasteiger partial charge >= 0.3 is 12.1 Å². The average Bonchev–Trinajstić information content (AvgIpc) is 2.79. The number of amides is 1. The number of alkyl halides is 3. The van der Waals surface area contributed by atoms with E-state index in [-0.39, 0.29) is 11.9 Å². The number of allylic oxidation sites excluding steroid dienone is 1. The minimum atomic E-state index is -5.08. The van der Waals surface area contributed by atoms with Crippen LogP contribution in [-0.4, -0.2) is 78.0 Å². The number of carboxylic acid groups (broad SMARTS) is 1. The summed E-state index contributed by atoms with van der Waals surface area (Å²) >= 11 is 0. The zero-order chi connectivity index (χ0) is 23.6. The van der Waals surface area contributed by atoms with Gasteiger partial charge in [0.1, 0.15) is 11.9 Å². The molecule has 12 heteroatoms. The molecule has 0 spiro atoms. The van der Waals surface area contributed by atoms with E-state index in [2.05, 4.69) is 21.4 Å². The van der Waals surface area contributed by atoms with Crippen molar-refractivity contribution < 1.29 is 37.3 Å². The molecule has 0 bridgehead atoms. The fourth-order valence-electron chi connectivity index (χ4n) is 3.19. The predicted octanol–water partition coefficient (Wildman–Crippen LogP) is 2.57. The molecule has 0 radical (unpaired) electrons. The summed E-state index contributed by atoms with van der Waals surface area (Å²) < 4.78 is 42.4. The molecule has 2 N–H and O–H groups in total. The van der Waals surface area contributed by atoms with Gasteiger partial charge in [0.2, 0.25) is 5.91 Å². The van der Waals surface area contributed by atoms with Crippen molar-refractivity contribution in [3.05, 3.63) is 29.7 Å². The minimum absolute atomic E-state index is 0.106. The summed E-state index contributed by atoms with van der Waals surface area (Å²) in [6.07, 6.45) is 2.83. The maximum atomic E-state index is 12.9. The van der Waals surface area contributed by atoms with E-state index in [1.807, 2.05) is 11.0 Å². The normalized spacial score (nSPS) is 18.8. The number of halogens is 3. The Morgan fingerprint density at radius 3 is 2.75 bits per heavy atom. The molecule has 1 unspecified atom stereocenters. The topological polar surface area (TPSA) is 114 Å². The van der Waals surface area contributed by atoms with E-state index in [0.717, 1.165) is 30.7 Å². The zero-order valence-corrected chi connectivity index (χ0v) is 17.7. The third kappa shape index (κ3) is 7.75. The average molecular weight is 460 g/mol. The third-order valence-electron chi connectivity index (χ3n) is 4.78.